The fraction of sp³-hybridized carbons (Fsp3) is 0.632. The van der Waals surface area contributed by atoms with Crippen molar-refractivity contribution in [1.82, 2.24) is 10.6 Å². The largest absolute Gasteiger partial charge is 0.484 e. The first-order chi connectivity index (χ1) is 22.0. The monoisotopic (exact) mass is 708 g/mol. The summed E-state index contributed by atoms with van der Waals surface area (Å²) in [6.07, 6.45) is 22.0. The Bertz CT molecular complexity index is 1070. The maximum Gasteiger partial charge on any atom is 0.258 e. The van der Waals surface area contributed by atoms with Gasteiger partial charge in [-0.25, -0.2) is 0 Å². The topological polar surface area (TPSA) is 92.2 Å². The third-order valence-electron chi connectivity index (χ3n) is 8.33. The Morgan fingerprint density at radius 2 is 1.20 bits per heavy atom. The van der Waals surface area contributed by atoms with Crippen molar-refractivity contribution in [2.75, 3.05) is 13.2 Å². The fourth-order valence-corrected chi connectivity index (χ4v) is 5.23. The first-order valence-corrected chi connectivity index (χ1v) is 17.7. The van der Waals surface area contributed by atoms with Crippen LogP contribution < -0.4 is 15.4 Å². The number of benzene rings is 2. The molecule has 0 heterocycles. The van der Waals surface area contributed by atoms with Crippen LogP contribution in [0.25, 0.3) is 0 Å². The fourth-order valence-electron chi connectivity index (χ4n) is 5.23. The van der Waals surface area contributed by atoms with Crippen molar-refractivity contribution in [1.29, 1.82) is 0 Å². The molecule has 2 unspecified atom stereocenters. The zero-order valence-electron chi connectivity index (χ0n) is 28.9. The minimum absolute atomic E-state index is 0. The number of unbranched alkanes of at least 4 members (excludes halogenated alkanes) is 15. The van der Waals surface area contributed by atoms with E-state index in [0.717, 1.165) is 24.9 Å². The summed E-state index contributed by atoms with van der Waals surface area (Å²) in [5.74, 6) is 0.130. The van der Waals surface area contributed by atoms with Gasteiger partial charge in [0.25, 0.3) is 5.91 Å². The summed E-state index contributed by atoms with van der Waals surface area (Å²) >= 11 is 0. The van der Waals surface area contributed by atoms with Crippen molar-refractivity contribution in [2.24, 2.45) is 16.1 Å². The van der Waals surface area contributed by atoms with Crippen molar-refractivity contribution < 1.29 is 47.0 Å². The van der Waals surface area contributed by atoms with Crippen LogP contribution in [0.4, 0.5) is 11.4 Å². The van der Waals surface area contributed by atoms with Crippen LogP contribution >= 0.6 is 0 Å². The zero-order chi connectivity index (χ0) is 32.4. The van der Waals surface area contributed by atoms with Crippen LogP contribution in [0.5, 0.6) is 5.75 Å². The molecule has 0 aromatic heterocycles. The van der Waals surface area contributed by atoms with Gasteiger partial charge in [-0.2, -0.15) is 28.4 Å². The van der Waals surface area contributed by atoms with Crippen LogP contribution in [0.15, 0.2) is 58.8 Å². The van der Waals surface area contributed by atoms with Crippen molar-refractivity contribution >= 4 is 23.2 Å². The minimum atomic E-state index is -0.578. The van der Waals surface area contributed by atoms with Crippen LogP contribution in [-0.2, 0) is 42.3 Å². The molecule has 0 aliphatic rings. The molecule has 2 aromatic rings. The maximum absolute atomic E-state index is 12.9. The Morgan fingerprint density at radius 1 is 0.717 bits per heavy atom. The van der Waals surface area contributed by atoms with E-state index in [0.29, 0.717) is 18.0 Å². The number of nitrogens with one attached hydrogen (secondary N) is 2. The van der Waals surface area contributed by atoms with Gasteiger partial charge in [-0.1, -0.05) is 124 Å². The number of rotatable bonds is 26. The molecule has 7 nitrogen and oxygen atoms in total. The molecule has 1 radical (unpaired) electrons. The minimum Gasteiger partial charge on any atom is -0.484 e. The number of amides is 2. The molecule has 0 saturated carbocycles. The molecular formula is C38H59N4O3Y-. The molecule has 253 valence electrons. The second-order valence-electron chi connectivity index (χ2n) is 12.3. The predicted octanol–water partition coefficient (Wildman–Crippen LogP) is 10.2. The number of hydrogen-bond acceptors (Lipinski definition) is 5. The van der Waals surface area contributed by atoms with Crippen molar-refractivity contribution in [3.05, 3.63) is 54.6 Å². The summed E-state index contributed by atoms with van der Waals surface area (Å²) in [6.45, 7) is 6.76. The molecule has 0 aliphatic heterocycles. The van der Waals surface area contributed by atoms with Gasteiger partial charge in [-0.3, -0.25) is 9.59 Å². The summed E-state index contributed by atoms with van der Waals surface area (Å²) in [7, 11) is 0. The van der Waals surface area contributed by atoms with E-state index in [4.69, 9.17) is 4.74 Å². The molecular weight excluding hydrogens is 649 g/mol. The molecule has 0 fully saturated rings. The van der Waals surface area contributed by atoms with E-state index in [1.807, 2.05) is 26.0 Å². The summed E-state index contributed by atoms with van der Waals surface area (Å²) < 4.78 is 5.66. The Morgan fingerprint density at radius 3 is 1.70 bits per heavy atom. The Labute approximate surface area is 304 Å². The van der Waals surface area contributed by atoms with Crippen molar-refractivity contribution in [3.63, 3.8) is 0 Å². The molecule has 8 heteroatoms. The van der Waals surface area contributed by atoms with Crippen LogP contribution in [0.3, 0.4) is 0 Å². The van der Waals surface area contributed by atoms with Crippen LogP contribution in [0, 0.1) is 12.0 Å². The number of hydrogen-bond donors (Lipinski definition) is 2. The van der Waals surface area contributed by atoms with E-state index in [1.165, 1.54) is 89.9 Å². The Kier molecular flexibility index (Phi) is 25.5. The van der Waals surface area contributed by atoms with E-state index < -0.39 is 6.04 Å². The molecule has 46 heavy (non-hydrogen) atoms. The summed E-state index contributed by atoms with van der Waals surface area (Å²) in [4.78, 5) is 25.6. The second-order valence-corrected chi connectivity index (χ2v) is 12.3. The normalized spacial score (nSPS) is 12.3. The summed E-state index contributed by atoms with van der Waals surface area (Å²) in [5.41, 5.74) is 1.42. The number of azo groups is 1. The van der Waals surface area contributed by atoms with Crippen molar-refractivity contribution in [2.45, 2.75) is 136 Å². The maximum atomic E-state index is 12.9. The average Bonchev–Trinajstić information content (AvgIpc) is 3.07. The van der Waals surface area contributed by atoms with E-state index in [-0.39, 0.29) is 57.0 Å². The molecule has 0 spiro atoms. The predicted molar refractivity (Wildman–Crippen MR) is 185 cm³/mol. The molecule has 2 N–H and O–H groups in total. The molecule has 2 atom stereocenters. The summed E-state index contributed by atoms with van der Waals surface area (Å²) in [6, 6.07) is 16.6. The van der Waals surface area contributed by atoms with Crippen molar-refractivity contribution in [3.8, 4) is 5.75 Å². The van der Waals surface area contributed by atoms with E-state index in [9.17, 15) is 9.59 Å². The van der Waals surface area contributed by atoms with Gasteiger partial charge in [0.1, 0.15) is 11.8 Å². The van der Waals surface area contributed by atoms with E-state index in [1.54, 1.807) is 36.4 Å². The standard InChI is InChI=1S/C38H59N4O3.Y/c1-4-6-7-8-9-10-11-12-13-14-15-16-17-18-19-23-30-39-38(44)37(32(3)5-2)40-36(43)31-45-35-28-26-34(27-29-35)42-41-33-24-21-20-22-25-33;/h21-22,24-29,32,37H,4-19,23,30-31H2,1-3H3,(H,39,44)(H,40,43);/q-1;. The number of carbonyl (C=O) groups is 2. The second kappa shape index (κ2) is 27.9. The summed E-state index contributed by atoms with van der Waals surface area (Å²) in [5, 5.41) is 14.3. The van der Waals surface area contributed by atoms with Gasteiger partial charge < -0.3 is 15.4 Å². The molecule has 0 aliphatic carbocycles. The third kappa shape index (κ3) is 20.2. The third-order valence-corrected chi connectivity index (χ3v) is 8.33. The van der Waals surface area contributed by atoms with Gasteiger partial charge in [0.2, 0.25) is 5.91 Å². The van der Waals surface area contributed by atoms with Gasteiger partial charge in [0.05, 0.1) is 5.69 Å². The Hall–Kier alpha value is -2.12. The van der Waals surface area contributed by atoms with Crippen LogP contribution in [-0.4, -0.2) is 31.0 Å². The Balaban J connectivity index is 0.0000106. The molecule has 2 rings (SSSR count). The number of nitrogens with zero attached hydrogens (tertiary/aromatic N) is 2. The van der Waals surface area contributed by atoms with Crippen LogP contribution in [0.1, 0.15) is 130 Å². The van der Waals surface area contributed by atoms with E-state index >= 15 is 0 Å². The molecule has 2 amide bonds. The van der Waals surface area contributed by atoms with Gasteiger partial charge in [-0.05, 0) is 42.3 Å². The van der Waals surface area contributed by atoms with Gasteiger partial charge in [0, 0.05) is 39.3 Å². The first kappa shape index (κ1) is 41.9. The van der Waals surface area contributed by atoms with Crippen LogP contribution in [0.2, 0.25) is 0 Å². The molecule has 2 aromatic carbocycles. The van der Waals surface area contributed by atoms with Gasteiger partial charge >= 0.3 is 0 Å². The smallest absolute Gasteiger partial charge is 0.258 e. The van der Waals surface area contributed by atoms with E-state index in [2.05, 4.69) is 33.9 Å². The molecule has 0 bridgehead atoms. The number of carbonyl (C=O) groups excluding carboxylic acids is 2. The quantitative estimate of drug-likeness (QED) is 0.0579. The number of ether oxygens (including phenoxy) is 1. The zero-order valence-corrected chi connectivity index (χ0v) is 31.7. The SMILES string of the molecule is CCCCCCCCCCCCCCCCCCNC(=O)C(NC(=O)COc1ccc(N=Nc2cc[c-]cc2)cc1)C(C)CC.[Y]. The molecule has 0 saturated heterocycles. The van der Waals surface area contributed by atoms with Gasteiger partial charge in [-0.15, -0.1) is 12.1 Å². The average molecular weight is 709 g/mol. The first-order valence-electron chi connectivity index (χ1n) is 17.7. The van der Waals surface area contributed by atoms with Gasteiger partial charge in [0.15, 0.2) is 6.61 Å².